The summed E-state index contributed by atoms with van der Waals surface area (Å²) in [5.41, 5.74) is 0.431. The number of hydrogen-bond donors (Lipinski definition) is 1. The quantitative estimate of drug-likeness (QED) is 0.444. The minimum absolute atomic E-state index is 0.142. The van der Waals surface area contributed by atoms with Gasteiger partial charge in [-0.1, -0.05) is 12.7 Å². The zero-order valence-electron chi connectivity index (χ0n) is 9.43. The van der Waals surface area contributed by atoms with Gasteiger partial charge in [-0.2, -0.15) is 0 Å². The van der Waals surface area contributed by atoms with Gasteiger partial charge in [0.05, 0.1) is 6.61 Å². The third-order valence-corrected chi connectivity index (χ3v) is 1.46. The molecule has 1 rings (SSSR count). The lowest BCUT2D eigenvalue weighted by atomic mass is 10.4. The van der Waals surface area contributed by atoms with Gasteiger partial charge < -0.3 is 14.6 Å². The van der Waals surface area contributed by atoms with Gasteiger partial charge in [-0.3, -0.25) is 0 Å². The molecule has 0 radical (unpaired) electrons. The van der Waals surface area contributed by atoms with E-state index in [-0.39, 0.29) is 12.1 Å². The van der Waals surface area contributed by atoms with Crippen LogP contribution in [0.5, 0.6) is 0 Å². The van der Waals surface area contributed by atoms with Crippen LogP contribution < -0.4 is 0 Å². The first kappa shape index (κ1) is 14.4. The molecule has 1 atom stereocenters. The number of carboxylic acids is 1. The third kappa shape index (κ3) is 8.96. The van der Waals surface area contributed by atoms with Crippen LogP contribution in [-0.4, -0.2) is 36.4 Å². The molecule has 0 aliphatic carbocycles. The number of hydrogen-bond acceptors (Lipinski definition) is 4. The van der Waals surface area contributed by atoms with Gasteiger partial charge in [0.2, 0.25) is 0 Å². The molecule has 0 aromatic heterocycles. The van der Waals surface area contributed by atoms with Crippen molar-refractivity contribution in [3.05, 3.63) is 24.3 Å². The van der Waals surface area contributed by atoms with Crippen molar-refractivity contribution in [1.82, 2.24) is 0 Å². The van der Waals surface area contributed by atoms with Crippen LogP contribution in [0.25, 0.3) is 0 Å². The molecule has 0 saturated carbocycles. The molecular formula is C11H16O5. The molecule has 0 amide bonds. The first-order valence-corrected chi connectivity index (χ1v) is 4.77. The number of rotatable bonds is 4. The summed E-state index contributed by atoms with van der Waals surface area (Å²) in [5.74, 6) is -1.23. The van der Waals surface area contributed by atoms with E-state index in [0.717, 1.165) is 6.08 Å². The zero-order valence-corrected chi connectivity index (χ0v) is 9.43. The van der Waals surface area contributed by atoms with Crippen LogP contribution in [0.4, 0.5) is 0 Å². The van der Waals surface area contributed by atoms with Crippen molar-refractivity contribution in [3.8, 4) is 0 Å². The molecule has 1 heterocycles. The van der Waals surface area contributed by atoms with Gasteiger partial charge >= 0.3 is 11.9 Å². The van der Waals surface area contributed by atoms with Gasteiger partial charge in [-0.25, -0.2) is 9.59 Å². The van der Waals surface area contributed by atoms with Crippen molar-refractivity contribution in [1.29, 1.82) is 0 Å². The van der Waals surface area contributed by atoms with E-state index >= 15 is 0 Å². The minimum atomic E-state index is -0.891. The van der Waals surface area contributed by atoms with Crippen molar-refractivity contribution in [2.75, 3.05) is 13.2 Å². The number of carbonyl (C=O) groups excluding carboxylic acids is 1. The Balaban J connectivity index is 0.000000325. The second-order valence-corrected chi connectivity index (χ2v) is 3.17. The summed E-state index contributed by atoms with van der Waals surface area (Å²) >= 11 is 0. The van der Waals surface area contributed by atoms with Crippen molar-refractivity contribution < 1.29 is 24.2 Å². The summed E-state index contributed by atoms with van der Waals surface area (Å²) in [7, 11) is 0. The summed E-state index contributed by atoms with van der Waals surface area (Å²) < 4.78 is 9.60. The maximum atomic E-state index is 10.7. The topological polar surface area (TPSA) is 76.1 Å². The third-order valence-electron chi connectivity index (χ3n) is 1.46. The van der Waals surface area contributed by atoms with E-state index < -0.39 is 5.97 Å². The van der Waals surface area contributed by atoms with Crippen LogP contribution in [0.3, 0.4) is 0 Å². The maximum Gasteiger partial charge on any atom is 0.333 e. The second-order valence-electron chi connectivity index (χ2n) is 3.17. The van der Waals surface area contributed by atoms with Crippen molar-refractivity contribution in [3.63, 3.8) is 0 Å². The van der Waals surface area contributed by atoms with E-state index in [9.17, 15) is 9.59 Å². The fourth-order valence-corrected chi connectivity index (χ4v) is 0.599. The van der Waals surface area contributed by atoms with E-state index in [4.69, 9.17) is 14.6 Å². The van der Waals surface area contributed by atoms with Crippen molar-refractivity contribution in [2.24, 2.45) is 0 Å². The Labute approximate surface area is 94.4 Å². The fraction of sp³-hybridized carbons (Fsp3) is 0.455. The van der Waals surface area contributed by atoms with Crippen molar-refractivity contribution in [2.45, 2.75) is 20.0 Å². The minimum Gasteiger partial charge on any atom is -0.478 e. The fourth-order valence-electron chi connectivity index (χ4n) is 0.599. The number of allylic oxidation sites excluding steroid dienone is 1. The van der Waals surface area contributed by atoms with E-state index in [0.29, 0.717) is 18.8 Å². The molecule has 1 fully saturated rings. The smallest absolute Gasteiger partial charge is 0.333 e. The highest BCUT2D eigenvalue weighted by atomic mass is 16.6. The molecule has 0 aromatic carbocycles. The average molecular weight is 228 g/mol. The SMILES string of the molecule is C/C=C/C(=O)O.C=C(C)C(=O)OCC1CO1. The predicted octanol–water partition coefficient (Wildman–Crippen LogP) is 1.15. The number of epoxide rings is 1. The average Bonchev–Trinajstić information content (AvgIpc) is 2.98. The molecular weight excluding hydrogens is 212 g/mol. The van der Waals surface area contributed by atoms with Crippen LogP contribution in [0.1, 0.15) is 13.8 Å². The zero-order chi connectivity index (χ0) is 12.6. The largest absolute Gasteiger partial charge is 0.478 e. The Hall–Kier alpha value is -1.62. The number of aliphatic carboxylic acids is 1. The lowest BCUT2D eigenvalue weighted by Gasteiger charge is -1.99. The van der Waals surface area contributed by atoms with Crippen LogP contribution >= 0.6 is 0 Å². The molecule has 5 nitrogen and oxygen atoms in total. The van der Waals surface area contributed by atoms with Gasteiger partial charge in [0.15, 0.2) is 0 Å². The molecule has 16 heavy (non-hydrogen) atoms. The second kappa shape index (κ2) is 7.64. The molecule has 5 heteroatoms. The molecule has 90 valence electrons. The lowest BCUT2D eigenvalue weighted by Crippen LogP contribution is -2.09. The number of carbonyl (C=O) groups is 2. The lowest BCUT2D eigenvalue weighted by molar-refractivity contribution is -0.139. The van der Waals surface area contributed by atoms with E-state index in [1.165, 1.54) is 6.08 Å². The summed E-state index contributed by atoms with van der Waals surface area (Å²) in [6.45, 7) is 7.80. The van der Waals surface area contributed by atoms with Gasteiger partial charge in [0.25, 0.3) is 0 Å². The summed E-state index contributed by atoms with van der Waals surface area (Å²) in [6.07, 6.45) is 2.70. The number of carboxylic acid groups (broad SMARTS) is 1. The Morgan fingerprint density at radius 1 is 1.62 bits per heavy atom. The van der Waals surface area contributed by atoms with Gasteiger partial charge in [-0.05, 0) is 13.8 Å². The summed E-state index contributed by atoms with van der Waals surface area (Å²) in [5, 5.41) is 7.83. The van der Waals surface area contributed by atoms with E-state index in [1.54, 1.807) is 13.8 Å². The molecule has 1 aliphatic heterocycles. The normalized spacial score (nSPS) is 17.2. The monoisotopic (exact) mass is 228 g/mol. The highest BCUT2D eigenvalue weighted by Gasteiger charge is 2.24. The van der Waals surface area contributed by atoms with Crippen LogP contribution in [-0.2, 0) is 19.1 Å². The Morgan fingerprint density at radius 2 is 2.19 bits per heavy atom. The maximum absolute atomic E-state index is 10.7. The van der Waals surface area contributed by atoms with Crippen LogP contribution in [0, 0.1) is 0 Å². The number of esters is 1. The molecule has 0 spiro atoms. The van der Waals surface area contributed by atoms with Gasteiger partial charge in [0, 0.05) is 11.6 Å². The van der Waals surface area contributed by atoms with Gasteiger partial charge in [-0.15, -0.1) is 0 Å². The Bertz CT molecular complexity index is 289. The highest BCUT2D eigenvalue weighted by molar-refractivity contribution is 5.86. The molecule has 0 bridgehead atoms. The standard InChI is InChI=1S/C7H10O3.C4H6O2/c1-5(2)7(8)10-4-6-3-9-6;1-2-3-4(5)6/h6H,1,3-4H2,2H3;2-3H,1H3,(H,5,6)/b;3-2+. The highest BCUT2D eigenvalue weighted by Crippen LogP contribution is 2.09. The first-order chi connectivity index (χ1) is 7.47. The van der Waals surface area contributed by atoms with E-state index in [1.807, 2.05) is 0 Å². The Kier molecular flexibility index (Phi) is 6.87. The van der Waals surface area contributed by atoms with Crippen LogP contribution in [0.2, 0.25) is 0 Å². The Morgan fingerprint density at radius 3 is 2.44 bits per heavy atom. The first-order valence-electron chi connectivity index (χ1n) is 4.77. The van der Waals surface area contributed by atoms with Crippen molar-refractivity contribution >= 4 is 11.9 Å². The molecule has 1 aliphatic rings. The summed E-state index contributed by atoms with van der Waals surface area (Å²) in [6, 6.07) is 0. The predicted molar refractivity (Wildman–Crippen MR) is 58.0 cm³/mol. The molecule has 1 unspecified atom stereocenters. The number of ether oxygens (including phenoxy) is 2. The van der Waals surface area contributed by atoms with E-state index in [2.05, 4.69) is 6.58 Å². The summed E-state index contributed by atoms with van der Waals surface area (Å²) in [4.78, 5) is 20.2. The van der Waals surface area contributed by atoms with Gasteiger partial charge in [0.1, 0.15) is 12.7 Å². The van der Waals surface area contributed by atoms with Crippen LogP contribution in [0.15, 0.2) is 24.3 Å². The molecule has 1 saturated heterocycles. The molecule has 0 aromatic rings. The molecule has 1 N–H and O–H groups in total.